The Morgan fingerprint density at radius 3 is 2.57 bits per heavy atom. The van der Waals surface area contributed by atoms with Gasteiger partial charge in [0.2, 0.25) is 5.91 Å². The van der Waals surface area contributed by atoms with Crippen LogP contribution in [0, 0.1) is 0 Å². The molecule has 5 nitrogen and oxygen atoms in total. The lowest BCUT2D eigenvalue weighted by Gasteiger charge is -2.37. The topological polar surface area (TPSA) is 53.6 Å². The molecule has 3 rings (SSSR count). The zero-order chi connectivity index (χ0) is 16.0. The minimum atomic E-state index is -0.377. The van der Waals surface area contributed by atoms with Crippen LogP contribution in [0.5, 0.6) is 0 Å². The van der Waals surface area contributed by atoms with Crippen LogP contribution in [0.4, 0.5) is 0 Å². The molecule has 2 aliphatic rings. The second-order valence-electron chi connectivity index (χ2n) is 6.41. The van der Waals surface area contributed by atoms with E-state index in [1.54, 1.807) is 0 Å². The lowest BCUT2D eigenvalue weighted by atomic mass is 9.72. The average Bonchev–Trinajstić information content (AvgIpc) is 2.64. The molecule has 0 aliphatic carbocycles. The van der Waals surface area contributed by atoms with E-state index in [4.69, 9.17) is 4.74 Å². The van der Waals surface area contributed by atoms with Crippen molar-refractivity contribution in [2.75, 3.05) is 52.5 Å². The van der Waals surface area contributed by atoms with E-state index in [0.29, 0.717) is 6.54 Å². The highest BCUT2D eigenvalue weighted by Gasteiger charge is 2.40. The Morgan fingerprint density at radius 1 is 1.17 bits per heavy atom. The smallest absolute Gasteiger partial charge is 0.230 e. The molecule has 2 heterocycles. The summed E-state index contributed by atoms with van der Waals surface area (Å²) in [7, 11) is 0. The lowest BCUT2D eigenvalue weighted by molar-refractivity contribution is -0.127. The maximum absolute atomic E-state index is 13.0. The molecule has 2 saturated heterocycles. The zero-order valence-corrected chi connectivity index (χ0v) is 13.7. The second-order valence-corrected chi connectivity index (χ2v) is 6.41. The number of nitrogens with zero attached hydrogens (tertiary/aromatic N) is 1. The van der Waals surface area contributed by atoms with E-state index < -0.39 is 0 Å². The molecule has 23 heavy (non-hydrogen) atoms. The van der Waals surface area contributed by atoms with Gasteiger partial charge in [-0.25, -0.2) is 0 Å². The number of hydrogen-bond acceptors (Lipinski definition) is 4. The molecule has 0 bridgehead atoms. The Morgan fingerprint density at radius 2 is 1.87 bits per heavy atom. The second kappa shape index (κ2) is 7.90. The Hall–Kier alpha value is -1.43. The van der Waals surface area contributed by atoms with Crippen molar-refractivity contribution in [2.45, 2.75) is 18.3 Å². The molecule has 0 saturated carbocycles. The zero-order valence-electron chi connectivity index (χ0n) is 13.7. The van der Waals surface area contributed by atoms with Gasteiger partial charge in [0.05, 0.1) is 18.6 Å². The van der Waals surface area contributed by atoms with Crippen LogP contribution in [0.25, 0.3) is 0 Å². The number of rotatable bonds is 5. The van der Waals surface area contributed by atoms with Gasteiger partial charge in [0.1, 0.15) is 0 Å². The van der Waals surface area contributed by atoms with Gasteiger partial charge in [-0.3, -0.25) is 9.69 Å². The van der Waals surface area contributed by atoms with Crippen LogP contribution in [-0.2, 0) is 14.9 Å². The van der Waals surface area contributed by atoms with Crippen LogP contribution in [0.15, 0.2) is 30.3 Å². The number of ether oxygens (including phenoxy) is 1. The van der Waals surface area contributed by atoms with Crippen LogP contribution in [0.2, 0.25) is 0 Å². The number of carbonyl (C=O) groups is 1. The summed E-state index contributed by atoms with van der Waals surface area (Å²) in [6, 6.07) is 10.2. The largest absolute Gasteiger partial charge is 0.379 e. The Labute approximate surface area is 138 Å². The summed E-state index contributed by atoms with van der Waals surface area (Å²) >= 11 is 0. The monoisotopic (exact) mass is 317 g/mol. The lowest BCUT2D eigenvalue weighted by Crippen LogP contribution is -2.52. The summed E-state index contributed by atoms with van der Waals surface area (Å²) < 4.78 is 5.36. The highest BCUT2D eigenvalue weighted by molar-refractivity contribution is 5.88. The minimum Gasteiger partial charge on any atom is -0.379 e. The van der Waals surface area contributed by atoms with E-state index in [2.05, 4.69) is 27.7 Å². The molecular weight excluding hydrogens is 290 g/mol. The Balaban J connectivity index is 1.61. The first kappa shape index (κ1) is 16.4. The summed E-state index contributed by atoms with van der Waals surface area (Å²) in [5, 5.41) is 6.56. The van der Waals surface area contributed by atoms with Gasteiger partial charge in [0.15, 0.2) is 0 Å². The molecule has 2 fully saturated rings. The molecule has 5 heteroatoms. The third-order valence-corrected chi connectivity index (χ3v) is 5.04. The van der Waals surface area contributed by atoms with Crippen molar-refractivity contribution in [3.63, 3.8) is 0 Å². The summed E-state index contributed by atoms with van der Waals surface area (Å²) in [5.74, 6) is 0.179. The molecule has 0 aromatic heterocycles. The first-order valence-electron chi connectivity index (χ1n) is 8.66. The maximum Gasteiger partial charge on any atom is 0.230 e. The Bertz CT molecular complexity index is 494. The molecule has 1 aromatic carbocycles. The van der Waals surface area contributed by atoms with Gasteiger partial charge in [-0.1, -0.05) is 30.3 Å². The predicted octanol–water partition coefficient (Wildman–Crippen LogP) is 0.756. The van der Waals surface area contributed by atoms with Crippen molar-refractivity contribution in [3.05, 3.63) is 35.9 Å². The van der Waals surface area contributed by atoms with Crippen LogP contribution in [0.1, 0.15) is 18.4 Å². The molecular formula is C18H27N3O2. The van der Waals surface area contributed by atoms with Gasteiger partial charge < -0.3 is 15.4 Å². The van der Waals surface area contributed by atoms with E-state index >= 15 is 0 Å². The van der Waals surface area contributed by atoms with Gasteiger partial charge in [0, 0.05) is 26.2 Å². The van der Waals surface area contributed by atoms with E-state index in [9.17, 15) is 4.79 Å². The maximum atomic E-state index is 13.0. The van der Waals surface area contributed by atoms with E-state index in [1.807, 2.05) is 18.2 Å². The number of morpholine rings is 1. The number of hydrogen-bond donors (Lipinski definition) is 2. The van der Waals surface area contributed by atoms with Gasteiger partial charge in [-0.15, -0.1) is 0 Å². The molecule has 1 aromatic rings. The van der Waals surface area contributed by atoms with E-state index in [1.165, 1.54) is 0 Å². The quantitative estimate of drug-likeness (QED) is 0.842. The third-order valence-electron chi connectivity index (χ3n) is 5.04. The summed E-state index contributed by atoms with van der Waals surface area (Å²) in [6.45, 7) is 6.92. The first-order chi connectivity index (χ1) is 11.3. The SMILES string of the molecule is O=C(NCCN1CCOCC1)C1(c2ccccc2)CCNCC1. The number of nitrogens with one attached hydrogen (secondary N) is 2. The van der Waals surface area contributed by atoms with Crippen molar-refractivity contribution in [2.24, 2.45) is 0 Å². The molecule has 2 aliphatic heterocycles. The van der Waals surface area contributed by atoms with Crippen molar-refractivity contribution in [1.82, 2.24) is 15.5 Å². The fourth-order valence-electron chi connectivity index (χ4n) is 3.58. The molecule has 0 atom stereocenters. The van der Waals surface area contributed by atoms with Crippen LogP contribution in [0.3, 0.4) is 0 Å². The molecule has 126 valence electrons. The average molecular weight is 317 g/mol. The minimum absolute atomic E-state index is 0.179. The highest BCUT2D eigenvalue weighted by Crippen LogP contribution is 2.33. The summed E-state index contributed by atoms with van der Waals surface area (Å²) in [5.41, 5.74) is 0.766. The number of carbonyl (C=O) groups excluding carboxylic acids is 1. The van der Waals surface area contributed by atoms with Crippen molar-refractivity contribution < 1.29 is 9.53 Å². The van der Waals surface area contributed by atoms with Crippen molar-refractivity contribution in [1.29, 1.82) is 0 Å². The third kappa shape index (κ3) is 3.91. The van der Waals surface area contributed by atoms with Crippen LogP contribution in [-0.4, -0.2) is 63.3 Å². The van der Waals surface area contributed by atoms with Gasteiger partial charge in [-0.2, -0.15) is 0 Å². The number of piperidine rings is 1. The molecule has 0 spiro atoms. The number of benzene rings is 1. The fourth-order valence-corrected chi connectivity index (χ4v) is 3.58. The van der Waals surface area contributed by atoms with E-state index in [-0.39, 0.29) is 11.3 Å². The van der Waals surface area contributed by atoms with Gasteiger partial charge in [-0.05, 0) is 31.5 Å². The highest BCUT2D eigenvalue weighted by atomic mass is 16.5. The molecule has 1 amide bonds. The van der Waals surface area contributed by atoms with E-state index in [0.717, 1.165) is 64.3 Å². The van der Waals surface area contributed by atoms with Crippen molar-refractivity contribution in [3.8, 4) is 0 Å². The predicted molar refractivity (Wildman–Crippen MR) is 90.5 cm³/mol. The molecule has 0 radical (unpaired) electrons. The molecule has 0 unspecified atom stereocenters. The summed E-state index contributed by atoms with van der Waals surface area (Å²) in [4.78, 5) is 15.3. The van der Waals surface area contributed by atoms with Gasteiger partial charge in [0.25, 0.3) is 0 Å². The Kier molecular flexibility index (Phi) is 5.65. The number of amides is 1. The summed E-state index contributed by atoms with van der Waals surface area (Å²) in [6.07, 6.45) is 1.72. The fraction of sp³-hybridized carbons (Fsp3) is 0.611. The van der Waals surface area contributed by atoms with Crippen molar-refractivity contribution >= 4 is 5.91 Å². The normalized spacial score (nSPS) is 21.7. The van der Waals surface area contributed by atoms with Gasteiger partial charge >= 0.3 is 0 Å². The van der Waals surface area contributed by atoms with Crippen LogP contribution < -0.4 is 10.6 Å². The van der Waals surface area contributed by atoms with Crippen LogP contribution >= 0.6 is 0 Å². The first-order valence-corrected chi connectivity index (χ1v) is 8.66. The molecule has 2 N–H and O–H groups in total. The standard InChI is InChI=1S/C18H27N3O2/c22-17(20-10-11-21-12-14-23-15-13-21)18(6-8-19-9-7-18)16-4-2-1-3-5-16/h1-5,19H,6-15H2,(H,20,22).